The maximum absolute atomic E-state index is 14.1. The van der Waals surface area contributed by atoms with Gasteiger partial charge in [-0.15, -0.1) is 0 Å². The van der Waals surface area contributed by atoms with Gasteiger partial charge in [-0.1, -0.05) is 43.5 Å². The van der Waals surface area contributed by atoms with Gasteiger partial charge in [-0.3, -0.25) is 4.79 Å². The summed E-state index contributed by atoms with van der Waals surface area (Å²) >= 11 is 0. The molecule has 1 aliphatic rings. The van der Waals surface area contributed by atoms with Crippen molar-refractivity contribution >= 4 is 22.6 Å². The van der Waals surface area contributed by atoms with E-state index >= 15 is 0 Å². The van der Waals surface area contributed by atoms with E-state index in [1.54, 1.807) is 17.0 Å². The zero-order valence-electron chi connectivity index (χ0n) is 17.1. The lowest BCUT2D eigenvalue weighted by Crippen LogP contribution is -2.44. The first-order chi connectivity index (χ1) is 14.5. The van der Waals surface area contributed by atoms with Crippen molar-refractivity contribution in [1.82, 2.24) is 9.88 Å². The summed E-state index contributed by atoms with van der Waals surface area (Å²) in [7, 11) is 0. The van der Waals surface area contributed by atoms with Gasteiger partial charge in [0.05, 0.1) is 12.2 Å². The standard InChI is InChI=1S/C24H26FN3O2/c1-16-11-12-17-14-18(23(29)26-22(17)13-16)15-28(19-7-3-2-4-8-19)24(30)27-21-10-6-5-9-20(21)25/h5-6,9-14,19H,2-4,7-8,15H2,1H3,(H,26,29)(H,27,30). The lowest BCUT2D eigenvalue weighted by atomic mass is 9.94. The molecule has 1 fully saturated rings. The lowest BCUT2D eigenvalue weighted by molar-refractivity contribution is 0.162. The van der Waals surface area contributed by atoms with Gasteiger partial charge in [0.15, 0.2) is 0 Å². The molecule has 4 rings (SSSR count). The fourth-order valence-electron chi connectivity index (χ4n) is 4.17. The third-order valence-electron chi connectivity index (χ3n) is 5.81. The minimum absolute atomic E-state index is 0.0265. The molecule has 1 aromatic heterocycles. The van der Waals surface area contributed by atoms with E-state index in [1.165, 1.54) is 12.1 Å². The van der Waals surface area contributed by atoms with E-state index in [4.69, 9.17) is 0 Å². The lowest BCUT2D eigenvalue weighted by Gasteiger charge is -2.34. The second-order valence-electron chi connectivity index (χ2n) is 8.04. The largest absolute Gasteiger partial charge is 0.322 e. The molecule has 1 aliphatic carbocycles. The third-order valence-corrected chi connectivity index (χ3v) is 5.81. The van der Waals surface area contributed by atoms with Gasteiger partial charge < -0.3 is 15.2 Å². The minimum Gasteiger partial charge on any atom is -0.322 e. The van der Waals surface area contributed by atoms with E-state index in [0.29, 0.717) is 5.56 Å². The topological polar surface area (TPSA) is 65.2 Å². The van der Waals surface area contributed by atoms with Crippen LogP contribution in [0.2, 0.25) is 0 Å². The van der Waals surface area contributed by atoms with Gasteiger partial charge in [0.2, 0.25) is 0 Å². The fraction of sp³-hybridized carbons (Fsp3) is 0.333. The Morgan fingerprint density at radius 1 is 1.13 bits per heavy atom. The summed E-state index contributed by atoms with van der Waals surface area (Å²) in [5.41, 5.74) is 2.32. The van der Waals surface area contributed by atoms with Crippen molar-refractivity contribution < 1.29 is 9.18 Å². The van der Waals surface area contributed by atoms with Crippen LogP contribution in [0.4, 0.5) is 14.9 Å². The normalized spacial score (nSPS) is 14.6. The summed E-state index contributed by atoms with van der Waals surface area (Å²) in [6.45, 7) is 2.16. The molecule has 0 unspecified atom stereocenters. The molecule has 0 radical (unpaired) electrons. The Morgan fingerprint density at radius 2 is 1.90 bits per heavy atom. The second-order valence-corrected chi connectivity index (χ2v) is 8.04. The van der Waals surface area contributed by atoms with E-state index in [-0.39, 0.29) is 29.9 Å². The highest BCUT2D eigenvalue weighted by Crippen LogP contribution is 2.25. The number of hydrogen-bond acceptors (Lipinski definition) is 2. The number of carbonyl (C=O) groups is 1. The van der Waals surface area contributed by atoms with Crippen molar-refractivity contribution in [2.75, 3.05) is 5.32 Å². The predicted molar refractivity (Wildman–Crippen MR) is 117 cm³/mol. The average molecular weight is 407 g/mol. The number of aromatic nitrogens is 1. The van der Waals surface area contributed by atoms with Gasteiger partial charge in [-0.2, -0.15) is 0 Å². The predicted octanol–water partition coefficient (Wildman–Crippen LogP) is 5.34. The summed E-state index contributed by atoms with van der Waals surface area (Å²) in [5, 5.41) is 3.62. The molecule has 6 heteroatoms. The number of anilines is 1. The Hall–Kier alpha value is -3.15. The number of carbonyl (C=O) groups excluding carboxylic acids is 1. The van der Waals surface area contributed by atoms with Crippen molar-refractivity contribution in [3.63, 3.8) is 0 Å². The maximum atomic E-state index is 14.1. The van der Waals surface area contributed by atoms with Crippen LogP contribution in [0.15, 0.2) is 53.3 Å². The van der Waals surface area contributed by atoms with Gasteiger partial charge in [0.25, 0.3) is 5.56 Å². The number of pyridine rings is 1. The molecule has 156 valence electrons. The average Bonchev–Trinajstić information content (AvgIpc) is 2.74. The molecule has 2 aromatic carbocycles. The highest BCUT2D eigenvalue weighted by atomic mass is 19.1. The van der Waals surface area contributed by atoms with Crippen LogP contribution in [0.3, 0.4) is 0 Å². The van der Waals surface area contributed by atoms with Gasteiger partial charge in [0.1, 0.15) is 5.82 Å². The quantitative estimate of drug-likeness (QED) is 0.613. The number of aromatic amines is 1. The van der Waals surface area contributed by atoms with Crippen LogP contribution in [0.25, 0.3) is 10.9 Å². The smallest absolute Gasteiger partial charge is 0.322 e. The zero-order chi connectivity index (χ0) is 21.1. The molecule has 1 heterocycles. The molecule has 1 saturated carbocycles. The molecule has 2 amide bonds. The first-order valence-corrected chi connectivity index (χ1v) is 10.5. The second kappa shape index (κ2) is 8.69. The van der Waals surface area contributed by atoms with Crippen molar-refractivity contribution in [1.29, 1.82) is 0 Å². The van der Waals surface area contributed by atoms with Crippen molar-refractivity contribution in [3.05, 3.63) is 75.8 Å². The summed E-state index contributed by atoms with van der Waals surface area (Å²) in [6, 6.07) is 13.5. The summed E-state index contributed by atoms with van der Waals surface area (Å²) in [6.07, 6.45) is 5.00. The van der Waals surface area contributed by atoms with E-state index in [0.717, 1.165) is 48.6 Å². The number of benzene rings is 2. The maximum Gasteiger partial charge on any atom is 0.322 e. The molecule has 30 heavy (non-hydrogen) atoms. The third kappa shape index (κ3) is 4.37. The van der Waals surface area contributed by atoms with Gasteiger partial charge in [-0.25, -0.2) is 9.18 Å². The number of aryl methyl sites for hydroxylation is 1. The Kier molecular flexibility index (Phi) is 5.84. The number of amides is 2. The van der Waals surface area contributed by atoms with E-state index in [9.17, 15) is 14.0 Å². The number of para-hydroxylation sites is 1. The minimum atomic E-state index is -0.478. The molecule has 0 spiro atoms. The van der Waals surface area contributed by atoms with Crippen LogP contribution in [0.1, 0.15) is 43.2 Å². The van der Waals surface area contributed by atoms with Gasteiger partial charge >= 0.3 is 6.03 Å². The van der Waals surface area contributed by atoms with Crippen molar-refractivity contribution in [2.24, 2.45) is 0 Å². The Labute approximate surface area is 174 Å². The summed E-state index contributed by atoms with van der Waals surface area (Å²) < 4.78 is 14.1. The Bertz CT molecular complexity index is 1120. The van der Waals surface area contributed by atoms with Crippen LogP contribution in [-0.2, 0) is 6.54 Å². The molecule has 0 bridgehead atoms. The summed E-state index contributed by atoms with van der Waals surface area (Å²) in [4.78, 5) is 30.5. The number of H-pyrrole nitrogens is 1. The van der Waals surface area contributed by atoms with Crippen LogP contribution >= 0.6 is 0 Å². The molecule has 0 saturated heterocycles. The number of nitrogens with zero attached hydrogens (tertiary/aromatic N) is 1. The summed E-state index contributed by atoms with van der Waals surface area (Å²) in [5.74, 6) is -0.478. The van der Waals surface area contributed by atoms with Crippen LogP contribution in [0, 0.1) is 12.7 Å². The highest BCUT2D eigenvalue weighted by Gasteiger charge is 2.27. The molecule has 5 nitrogen and oxygen atoms in total. The number of halogens is 1. The van der Waals surface area contributed by atoms with Crippen LogP contribution < -0.4 is 10.9 Å². The van der Waals surface area contributed by atoms with E-state index in [2.05, 4.69) is 10.3 Å². The first kappa shape index (κ1) is 20.1. The highest BCUT2D eigenvalue weighted by molar-refractivity contribution is 5.89. The molecular weight excluding hydrogens is 381 g/mol. The fourth-order valence-corrected chi connectivity index (χ4v) is 4.17. The monoisotopic (exact) mass is 407 g/mol. The molecular formula is C24H26FN3O2. The zero-order valence-corrected chi connectivity index (χ0v) is 17.1. The number of hydrogen-bond donors (Lipinski definition) is 2. The SMILES string of the molecule is Cc1ccc2cc(CN(C(=O)Nc3ccccc3F)C3CCCCC3)c(=O)[nH]c2c1. The number of rotatable bonds is 4. The number of urea groups is 1. The molecule has 0 atom stereocenters. The van der Waals surface area contributed by atoms with Gasteiger partial charge in [-0.05, 0) is 55.0 Å². The van der Waals surface area contributed by atoms with E-state index < -0.39 is 5.82 Å². The van der Waals surface area contributed by atoms with Crippen LogP contribution in [0.5, 0.6) is 0 Å². The molecule has 0 aliphatic heterocycles. The first-order valence-electron chi connectivity index (χ1n) is 10.5. The van der Waals surface area contributed by atoms with Crippen molar-refractivity contribution in [2.45, 2.75) is 51.6 Å². The number of fused-ring (bicyclic) bond motifs is 1. The Morgan fingerprint density at radius 3 is 2.67 bits per heavy atom. The molecule has 3 aromatic rings. The number of nitrogens with one attached hydrogen (secondary N) is 2. The van der Waals surface area contributed by atoms with Crippen molar-refractivity contribution in [3.8, 4) is 0 Å². The van der Waals surface area contributed by atoms with Crippen LogP contribution in [-0.4, -0.2) is 22.0 Å². The molecule has 2 N–H and O–H groups in total. The Balaban J connectivity index is 1.64. The van der Waals surface area contributed by atoms with E-state index in [1.807, 2.05) is 31.2 Å². The van der Waals surface area contributed by atoms with Gasteiger partial charge in [0, 0.05) is 17.1 Å².